The summed E-state index contributed by atoms with van der Waals surface area (Å²) >= 11 is 9.45. The van der Waals surface area contributed by atoms with Gasteiger partial charge in [-0.05, 0) is 57.7 Å². The molecule has 0 aliphatic rings. The summed E-state index contributed by atoms with van der Waals surface area (Å²) in [6, 6.07) is 14.5. The van der Waals surface area contributed by atoms with Crippen molar-refractivity contribution in [3.63, 3.8) is 0 Å². The van der Waals surface area contributed by atoms with E-state index in [1.807, 2.05) is 12.1 Å². The molecule has 0 aromatic heterocycles. The molecule has 0 aliphatic carbocycles. The predicted octanol–water partition coefficient (Wildman–Crippen LogP) is 5.28. The molecule has 2 rings (SSSR count). The number of benzene rings is 2. The minimum absolute atomic E-state index is 0.746. The topological polar surface area (TPSA) is 12.0 Å². The molecule has 0 bridgehead atoms. The van der Waals surface area contributed by atoms with Gasteiger partial charge in [0.05, 0.1) is 5.02 Å². The molecule has 1 nitrogen and oxygen atoms in total. The van der Waals surface area contributed by atoms with Gasteiger partial charge in [0.15, 0.2) is 0 Å². The van der Waals surface area contributed by atoms with Gasteiger partial charge in [0.25, 0.3) is 0 Å². The third-order valence-electron chi connectivity index (χ3n) is 2.84. The van der Waals surface area contributed by atoms with Crippen LogP contribution in [0.1, 0.15) is 18.1 Å². The molecule has 2 aromatic rings. The van der Waals surface area contributed by atoms with Crippen molar-refractivity contribution in [2.75, 3.05) is 5.32 Å². The lowest BCUT2D eigenvalue weighted by molar-refractivity contribution is 1.12. The van der Waals surface area contributed by atoms with Crippen LogP contribution < -0.4 is 5.32 Å². The van der Waals surface area contributed by atoms with E-state index >= 15 is 0 Å². The summed E-state index contributed by atoms with van der Waals surface area (Å²) in [5, 5.41) is 4.13. The Bertz CT molecular complexity index is 523. The van der Waals surface area contributed by atoms with Gasteiger partial charge >= 0.3 is 0 Å². The van der Waals surface area contributed by atoms with Gasteiger partial charge in [0.2, 0.25) is 0 Å². The molecule has 0 atom stereocenters. The zero-order chi connectivity index (χ0) is 13.0. The van der Waals surface area contributed by atoms with Crippen LogP contribution in [0.15, 0.2) is 46.9 Å². The van der Waals surface area contributed by atoms with E-state index in [1.54, 1.807) is 0 Å². The molecule has 1 N–H and O–H groups in total. The molecule has 18 heavy (non-hydrogen) atoms. The molecule has 0 amide bonds. The highest BCUT2D eigenvalue weighted by Crippen LogP contribution is 2.23. The highest BCUT2D eigenvalue weighted by atomic mass is 79.9. The van der Waals surface area contributed by atoms with Crippen molar-refractivity contribution in [1.29, 1.82) is 0 Å². The van der Waals surface area contributed by atoms with Crippen molar-refractivity contribution in [1.82, 2.24) is 0 Å². The van der Waals surface area contributed by atoms with Crippen LogP contribution in [0.3, 0.4) is 0 Å². The Labute approximate surface area is 121 Å². The second-order valence-corrected chi connectivity index (χ2v) is 5.41. The van der Waals surface area contributed by atoms with E-state index in [0.717, 1.165) is 28.1 Å². The average Bonchev–Trinajstić information content (AvgIpc) is 2.41. The number of hydrogen-bond acceptors (Lipinski definition) is 1. The molecule has 0 aliphatic heterocycles. The minimum atomic E-state index is 0.746. The average molecular weight is 325 g/mol. The number of hydrogen-bond donors (Lipinski definition) is 1. The quantitative estimate of drug-likeness (QED) is 0.807. The fraction of sp³-hybridized carbons (Fsp3) is 0.200. The summed E-state index contributed by atoms with van der Waals surface area (Å²) in [6.45, 7) is 2.94. The number of nitrogens with one attached hydrogen (secondary N) is 1. The first-order valence-corrected chi connectivity index (χ1v) is 7.13. The second-order valence-electron chi connectivity index (χ2n) is 4.15. The van der Waals surface area contributed by atoms with E-state index in [4.69, 9.17) is 11.6 Å². The molecular formula is C15H15BrClN. The van der Waals surface area contributed by atoms with Crippen LogP contribution in [-0.4, -0.2) is 0 Å². The summed E-state index contributed by atoms with van der Waals surface area (Å²) in [5.41, 5.74) is 3.65. The minimum Gasteiger partial charge on any atom is -0.381 e. The van der Waals surface area contributed by atoms with E-state index in [9.17, 15) is 0 Å². The van der Waals surface area contributed by atoms with E-state index in [1.165, 1.54) is 11.1 Å². The van der Waals surface area contributed by atoms with Crippen LogP contribution in [0.25, 0.3) is 0 Å². The normalized spacial score (nSPS) is 10.4. The van der Waals surface area contributed by atoms with E-state index < -0.39 is 0 Å². The Kier molecular flexibility index (Phi) is 4.67. The lowest BCUT2D eigenvalue weighted by atomic mass is 10.1. The summed E-state index contributed by atoms with van der Waals surface area (Å²) < 4.78 is 0.931. The predicted molar refractivity (Wildman–Crippen MR) is 82.3 cm³/mol. The first-order valence-electron chi connectivity index (χ1n) is 5.96. The van der Waals surface area contributed by atoms with Gasteiger partial charge in [0.1, 0.15) is 0 Å². The first-order chi connectivity index (χ1) is 8.69. The summed E-state index contributed by atoms with van der Waals surface area (Å²) in [6.07, 6.45) is 1.07. The van der Waals surface area contributed by atoms with E-state index in [2.05, 4.69) is 58.5 Å². The van der Waals surface area contributed by atoms with Gasteiger partial charge in [-0.25, -0.2) is 0 Å². The maximum atomic E-state index is 6.06. The summed E-state index contributed by atoms with van der Waals surface area (Å²) in [7, 11) is 0. The molecule has 0 saturated heterocycles. The fourth-order valence-electron chi connectivity index (χ4n) is 1.71. The van der Waals surface area contributed by atoms with Gasteiger partial charge in [-0.1, -0.05) is 36.7 Å². The lowest BCUT2D eigenvalue weighted by Crippen LogP contribution is -1.99. The first kappa shape index (κ1) is 13.4. The third kappa shape index (κ3) is 3.50. The standard InChI is InChI=1S/C15H15BrClN/c1-2-11-3-6-13(7-4-11)18-10-12-5-8-14(16)15(17)9-12/h3-9,18H,2,10H2,1H3. The van der Waals surface area contributed by atoms with Gasteiger partial charge < -0.3 is 5.32 Å². The van der Waals surface area contributed by atoms with Crippen molar-refractivity contribution >= 4 is 33.2 Å². The van der Waals surface area contributed by atoms with Gasteiger partial charge in [0, 0.05) is 16.7 Å². The van der Waals surface area contributed by atoms with Gasteiger partial charge in [-0.3, -0.25) is 0 Å². The Balaban J connectivity index is 1.99. The van der Waals surface area contributed by atoms with Crippen molar-refractivity contribution in [3.05, 3.63) is 63.1 Å². The zero-order valence-electron chi connectivity index (χ0n) is 10.2. The molecule has 0 radical (unpaired) electrons. The molecule has 0 fully saturated rings. The maximum Gasteiger partial charge on any atom is 0.0551 e. The van der Waals surface area contributed by atoms with Crippen molar-refractivity contribution < 1.29 is 0 Å². The Hall–Kier alpha value is -0.990. The second kappa shape index (κ2) is 6.26. The molecule has 0 saturated carbocycles. The Morgan fingerprint density at radius 3 is 2.33 bits per heavy atom. The van der Waals surface area contributed by atoms with E-state index in [0.29, 0.717) is 0 Å². The zero-order valence-corrected chi connectivity index (χ0v) is 12.6. The smallest absolute Gasteiger partial charge is 0.0551 e. The molecule has 0 spiro atoms. The molecular weight excluding hydrogens is 310 g/mol. The van der Waals surface area contributed by atoms with Crippen LogP contribution >= 0.6 is 27.5 Å². The molecule has 0 heterocycles. The van der Waals surface area contributed by atoms with Crippen LogP contribution in [0.2, 0.25) is 5.02 Å². The largest absolute Gasteiger partial charge is 0.381 e. The molecule has 0 unspecified atom stereocenters. The van der Waals surface area contributed by atoms with Crippen LogP contribution in [0.4, 0.5) is 5.69 Å². The van der Waals surface area contributed by atoms with E-state index in [-0.39, 0.29) is 0 Å². The van der Waals surface area contributed by atoms with Gasteiger partial charge in [-0.15, -0.1) is 0 Å². The Morgan fingerprint density at radius 2 is 1.72 bits per heavy atom. The van der Waals surface area contributed by atoms with Crippen molar-refractivity contribution in [3.8, 4) is 0 Å². The molecule has 3 heteroatoms. The third-order valence-corrected chi connectivity index (χ3v) is 4.08. The molecule has 94 valence electrons. The number of halogens is 2. The Morgan fingerprint density at radius 1 is 1.06 bits per heavy atom. The highest BCUT2D eigenvalue weighted by molar-refractivity contribution is 9.10. The van der Waals surface area contributed by atoms with Gasteiger partial charge in [-0.2, -0.15) is 0 Å². The summed E-state index contributed by atoms with van der Waals surface area (Å²) in [5.74, 6) is 0. The molecule has 2 aromatic carbocycles. The van der Waals surface area contributed by atoms with Crippen molar-refractivity contribution in [2.24, 2.45) is 0 Å². The van der Waals surface area contributed by atoms with Crippen LogP contribution in [0, 0.1) is 0 Å². The monoisotopic (exact) mass is 323 g/mol. The number of rotatable bonds is 4. The number of anilines is 1. The highest BCUT2D eigenvalue weighted by Gasteiger charge is 1.99. The maximum absolute atomic E-state index is 6.06. The van der Waals surface area contributed by atoms with Crippen LogP contribution in [-0.2, 0) is 13.0 Å². The fourth-order valence-corrected chi connectivity index (χ4v) is 2.16. The summed E-state index contributed by atoms with van der Waals surface area (Å²) in [4.78, 5) is 0. The lowest BCUT2D eigenvalue weighted by Gasteiger charge is -2.08. The van der Waals surface area contributed by atoms with Crippen molar-refractivity contribution in [2.45, 2.75) is 19.9 Å². The SMILES string of the molecule is CCc1ccc(NCc2ccc(Br)c(Cl)c2)cc1. The van der Waals surface area contributed by atoms with Crippen LogP contribution in [0.5, 0.6) is 0 Å². The number of aryl methyl sites for hydroxylation is 1.